The molecule has 4 nitrogen and oxygen atoms in total. The molecule has 5 rings (SSSR count). The lowest BCUT2D eigenvalue weighted by Crippen LogP contribution is -2.54. The van der Waals surface area contributed by atoms with Crippen LogP contribution in [0.2, 0.25) is 0 Å². The molecule has 3 aliphatic rings. The summed E-state index contributed by atoms with van der Waals surface area (Å²) in [5.74, 6) is -1.46. The van der Waals surface area contributed by atoms with Gasteiger partial charge in [0, 0.05) is 30.5 Å². The first-order chi connectivity index (χ1) is 18.7. The third kappa shape index (κ3) is 4.47. The molecule has 2 saturated heterocycles. The zero-order valence-electron chi connectivity index (χ0n) is 22.6. The van der Waals surface area contributed by atoms with E-state index in [1.165, 1.54) is 29.2 Å². The van der Waals surface area contributed by atoms with E-state index in [9.17, 15) is 35.9 Å². The van der Waals surface area contributed by atoms with Gasteiger partial charge < -0.3 is 9.80 Å². The van der Waals surface area contributed by atoms with E-state index in [0.717, 1.165) is 17.2 Å². The van der Waals surface area contributed by atoms with Crippen LogP contribution in [0.4, 0.5) is 26.3 Å². The van der Waals surface area contributed by atoms with Gasteiger partial charge in [-0.25, -0.2) is 13.2 Å². The van der Waals surface area contributed by atoms with Crippen LogP contribution >= 0.6 is 0 Å². The fourth-order valence-corrected chi connectivity index (χ4v) is 7.00. The number of alkyl halides is 5. The zero-order chi connectivity index (χ0) is 29.2. The summed E-state index contributed by atoms with van der Waals surface area (Å²) in [6, 6.07) is 8.22. The Morgan fingerprint density at radius 2 is 1.77 bits per heavy atom. The van der Waals surface area contributed by atoms with Gasteiger partial charge in [0.05, 0.1) is 0 Å². The van der Waals surface area contributed by atoms with Gasteiger partial charge in [0.15, 0.2) is 6.17 Å². The molecule has 0 saturated carbocycles. The molecular weight excluding hydrogens is 534 g/mol. The van der Waals surface area contributed by atoms with Gasteiger partial charge in [-0.1, -0.05) is 30.3 Å². The van der Waals surface area contributed by atoms with Crippen molar-refractivity contribution < 1.29 is 35.9 Å². The van der Waals surface area contributed by atoms with Crippen LogP contribution in [-0.2, 0) is 33.5 Å². The van der Waals surface area contributed by atoms with E-state index in [1.54, 1.807) is 30.9 Å². The molecular formula is C30H32F6N2O2. The number of fused-ring (bicyclic) bond motifs is 3. The first kappa shape index (κ1) is 28.5. The van der Waals surface area contributed by atoms with Crippen LogP contribution in [0.25, 0.3) is 0 Å². The van der Waals surface area contributed by atoms with Crippen molar-refractivity contribution in [2.75, 3.05) is 6.54 Å². The second kappa shape index (κ2) is 9.80. The van der Waals surface area contributed by atoms with Crippen LogP contribution in [-0.4, -0.2) is 58.6 Å². The lowest BCUT2D eigenvalue weighted by Gasteiger charge is -2.45. The normalized spacial score (nSPS) is 28.1. The Morgan fingerprint density at radius 1 is 1.10 bits per heavy atom. The minimum atomic E-state index is -5.09. The number of nitrogens with zero attached hydrogens (tertiary/aromatic N) is 2. The molecule has 2 amide bonds. The van der Waals surface area contributed by atoms with Crippen molar-refractivity contribution in [1.82, 2.24) is 9.80 Å². The van der Waals surface area contributed by atoms with Crippen LogP contribution in [0.15, 0.2) is 42.5 Å². The summed E-state index contributed by atoms with van der Waals surface area (Å²) in [5, 5.41) is 0. The topological polar surface area (TPSA) is 40.6 Å². The Balaban J connectivity index is 1.56. The van der Waals surface area contributed by atoms with Crippen LogP contribution < -0.4 is 0 Å². The van der Waals surface area contributed by atoms with Crippen LogP contribution in [0, 0.1) is 5.82 Å². The summed E-state index contributed by atoms with van der Waals surface area (Å²) in [7, 11) is 0. The van der Waals surface area contributed by atoms with E-state index in [2.05, 4.69) is 0 Å². The molecule has 10 heteroatoms. The van der Waals surface area contributed by atoms with Crippen molar-refractivity contribution in [3.63, 3.8) is 0 Å². The van der Waals surface area contributed by atoms with Gasteiger partial charge in [-0.2, -0.15) is 13.2 Å². The molecule has 0 bridgehead atoms. The highest BCUT2D eigenvalue weighted by Crippen LogP contribution is 2.51. The van der Waals surface area contributed by atoms with Gasteiger partial charge in [-0.05, 0) is 80.8 Å². The maximum absolute atomic E-state index is 14.9. The van der Waals surface area contributed by atoms with Crippen LogP contribution in [0.3, 0.4) is 0 Å². The summed E-state index contributed by atoms with van der Waals surface area (Å²) in [6.07, 6.45) is -5.51. The number of hydrogen-bond acceptors (Lipinski definition) is 2. The fraction of sp³-hybridized carbons (Fsp3) is 0.533. The number of rotatable bonds is 5. The molecule has 2 heterocycles. The van der Waals surface area contributed by atoms with E-state index in [0.29, 0.717) is 44.7 Å². The molecule has 2 fully saturated rings. The second-order valence-electron chi connectivity index (χ2n) is 11.7. The molecule has 0 aromatic heterocycles. The van der Waals surface area contributed by atoms with Crippen molar-refractivity contribution in [2.24, 2.45) is 0 Å². The molecule has 0 radical (unpaired) electrons. The molecule has 2 aromatic rings. The zero-order valence-corrected chi connectivity index (χ0v) is 22.6. The number of likely N-dealkylation sites (tertiary alicyclic amines) is 2. The fourth-order valence-electron chi connectivity index (χ4n) is 7.00. The predicted octanol–water partition coefficient (Wildman–Crippen LogP) is 5.95. The minimum Gasteiger partial charge on any atom is -0.337 e. The van der Waals surface area contributed by atoms with Gasteiger partial charge in [0.1, 0.15) is 11.9 Å². The predicted molar refractivity (Wildman–Crippen MR) is 136 cm³/mol. The SMILES string of the molecule is CC(C)N1C(=O)[C@@H](F)C[C@H]1C(=O)N1CC[C@@]2(Cc3ccc(F)cc3)c3ccc(C(C)(F)C(F)(F)F)cc3CC[C@@H]12. The third-order valence-corrected chi connectivity index (χ3v) is 9.06. The Labute approximate surface area is 229 Å². The molecule has 1 aliphatic carbocycles. The van der Waals surface area contributed by atoms with E-state index in [1.807, 2.05) is 0 Å². The van der Waals surface area contributed by atoms with Gasteiger partial charge in [0.2, 0.25) is 11.6 Å². The Kier molecular flexibility index (Phi) is 6.98. The van der Waals surface area contributed by atoms with Crippen molar-refractivity contribution in [3.8, 4) is 0 Å². The summed E-state index contributed by atoms with van der Waals surface area (Å²) in [4.78, 5) is 29.4. The first-order valence-electron chi connectivity index (χ1n) is 13.6. The summed E-state index contributed by atoms with van der Waals surface area (Å²) >= 11 is 0. The molecule has 216 valence electrons. The number of aryl methyl sites for hydroxylation is 1. The number of carbonyl (C=O) groups is 2. The van der Waals surface area contributed by atoms with Crippen molar-refractivity contribution in [2.45, 2.75) is 94.4 Å². The number of carbonyl (C=O) groups excluding carboxylic acids is 2. The highest BCUT2D eigenvalue weighted by Gasteiger charge is 2.57. The molecule has 5 atom stereocenters. The summed E-state index contributed by atoms with van der Waals surface area (Å²) in [6.45, 7) is 4.27. The molecule has 1 unspecified atom stereocenters. The Hall–Kier alpha value is -3.04. The number of amides is 2. The lowest BCUT2D eigenvalue weighted by atomic mass is 9.63. The van der Waals surface area contributed by atoms with E-state index in [-0.39, 0.29) is 24.4 Å². The van der Waals surface area contributed by atoms with Crippen molar-refractivity contribution >= 4 is 11.8 Å². The molecule has 2 aromatic carbocycles. The smallest absolute Gasteiger partial charge is 0.337 e. The molecule has 0 spiro atoms. The lowest BCUT2D eigenvalue weighted by molar-refractivity contribution is -0.228. The van der Waals surface area contributed by atoms with Crippen molar-refractivity contribution in [1.29, 1.82) is 0 Å². The largest absolute Gasteiger partial charge is 0.426 e. The second-order valence-corrected chi connectivity index (χ2v) is 11.7. The maximum Gasteiger partial charge on any atom is 0.426 e. The number of benzene rings is 2. The first-order valence-corrected chi connectivity index (χ1v) is 13.6. The standard InChI is InChI=1S/C30H32F6N2O2/c1-17(2)38-24(15-23(32)26(38)39)27(40)37-13-12-29(16-18-4-8-21(31)9-5-18)22-10-7-20(28(3,33)30(34,35)36)14-19(22)6-11-25(29)37/h4-5,7-10,14,17,23-25H,6,11-13,15-16H2,1-3H3/t23-,24-,25+,28?,29+/m0/s1. The van der Waals surface area contributed by atoms with E-state index >= 15 is 0 Å². The Bertz CT molecular complexity index is 1310. The van der Waals surface area contributed by atoms with Crippen molar-refractivity contribution in [3.05, 3.63) is 70.5 Å². The quantitative estimate of drug-likeness (QED) is 0.420. The van der Waals surface area contributed by atoms with Crippen LogP contribution in [0.1, 0.15) is 62.3 Å². The molecule has 2 aliphatic heterocycles. The van der Waals surface area contributed by atoms with Gasteiger partial charge >= 0.3 is 6.18 Å². The van der Waals surface area contributed by atoms with Gasteiger partial charge in [0.25, 0.3) is 5.91 Å². The minimum absolute atomic E-state index is 0.226. The van der Waals surface area contributed by atoms with E-state index < -0.39 is 46.8 Å². The highest BCUT2D eigenvalue weighted by atomic mass is 19.4. The summed E-state index contributed by atoms with van der Waals surface area (Å²) < 4.78 is 83.5. The van der Waals surface area contributed by atoms with Gasteiger partial charge in [-0.15, -0.1) is 0 Å². The van der Waals surface area contributed by atoms with E-state index in [4.69, 9.17) is 0 Å². The number of hydrogen-bond donors (Lipinski definition) is 0. The molecule has 40 heavy (non-hydrogen) atoms. The average molecular weight is 567 g/mol. The number of halogens is 6. The summed E-state index contributed by atoms with van der Waals surface area (Å²) in [5.41, 5.74) is -2.64. The van der Waals surface area contributed by atoms with Crippen LogP contribution in [0.5, 0.6) is 0 Å². The Morgan fingerprint density at radius 3 is 2.40 bits per heavy atom. The highest BCUT2D eigenvalue weighted by molar-refractivity contribution is 5.94. The average Bonchev–Trinajstić information content (AvgIpc) is 3.41. The van der Waals surface area contributed by atoms with Gasteiger partial charge in [-0.3, -0.25) is 9.59 Å². The monoisotopic (exact) mass is 566 g/mol. The molecule has 0 N–H and O–H groups in total. The third-order valence-electron chi connectivity index (χ3n) is 9.06. The maximum atomic E-state index is 14.9.